The van der Waals surface area contributed by atoms with E-state index in [1.807, 2.05) is 0 Å². The van der Waals surface area contributed by atoms with Crippen molar-refractivity contribution in [2.75, 3.05) is 4.90 Å². The molecule has 22 heavy (non-hydrogen) atoms. The smallest absolute Gasteiger partial charge is 0.258 e. The largest absolute Gasteiger partial charge is 0.288 e. The van der Waals surface area contributed by atoms with Crippen molar-refractivity contribution in [3.8, 4) is 0 Å². The predicted octanol–water partition coefficient (Wildman–Crippen LogP) is 1.15. The van der Waals surface area contributed by atoms with Crippen LogP contribution in [0.5, 0.6) is 0 Å². The topological polar surface area (TPSA) is 83.6 Å². The molecule has 0 aromatic heterocycles. The Labute approximate surface area is 124 Å². The Morgan fingerprint density at radius 1 is 0.773 bits per heavy atom. The van der Waals surface area contributed by atoms with Gasteiger partial charge in [-0.2, -0.15) is 0 Å². The van der Waals surface area contributed by atoms with Gasteiger partial charge in [0.15, 0.2) is 0 Å². The molecule has 0 saturated carbocycles. The van der Waals surface area contributed by atoms with Crippen LogP contribution < -0.4 is 10.2 Å². The lowest BCUT2D eigenvalue weighted by Gasteiger charge is -2.21. The Bertz CT molecular complexity index is 904. The summed E-state index contributed by atoms with van der Waals surface area (Å²) in [5, 5.41) is 3.24. The molecule has 2 aliphatic rings. The first-order valence-electron chi connectivity index (χ1n) is 6.55. The highest BCUT2D eigenvalue weighted by atomic mass is 16.2. The zero-order valence-electron chi connectivity index (χ0n) is 11.1. The van der Waals surface area contributed by atoms with Gasteiger partial charge < -0.3 is 0 Å². The van der Waals surface area contributed by atoms with Gasteiger partial charge in [-0.3, -0.25) is 24.5 Å². The Hall–Kier alpha value is -3.28. The quantitative estimate of drug-likeness (QED) is 0.799. The van der Waals surface area contributed by atoms with Crippen molar-refractivity contribution in [2.45, 2.75) is 0 Å². The summed E-state index contributed by atoms with van der Waals surface area (Å²) in [5.74, 6) is -1.87. The van der Waals surface area contributed by atoms with Crippen molar-refractivity contribution >= 4 is 40.1 Å². The van der Waals surface area contributed by atoms with Crippen LogP contribution in [0.2, 0.25) is 0 Å². The number of hydrogen-bond donors (Lipinski definition) is 1. The number of anilines is 1. The molecule has 0 saturated heterocycles. The third-order valence-electron chi connectivity index (χ3n) is 3.78. The number of carbonyl (C=O) groups is 4. The normalized spacial score (nSPS) is 16.6. The van der Waals surface area contributed by atoms with Crippen molar-refractivity contribution in [2.24, 2.45) is 0 Å². The fourth-order valence-corrected chi connectivity index (χ4v) is 2.84. The van der Waals surface area contributed by atoms with Crippen LogP contribution in [0.4, 0.5) is 5.69 Å². The minimum atomic E-state index is -0.488. The van der Waals surface area contributed by atoms with Crippen LogP contribution in [-0.2, 0) is 9.59 Å². The summed E-state index contributed by atoms with van der Waals surface area (Å²) >= 11 is 0. The highest BCUT2D eigenvalue weighted by Gasteiger charge is 2.30. The van der Waals surface area contributed by atoms with E-state index in [2.05, 4.69) is 5.32 Å². The molecule has 4 rings (SSSR count). The second-order valence-electron chi connectivity index (χ2n) is 4.99. The molecule has 0 spiro atoms. The van der Waals surface area contributed by atoms with Crippen LogP contribution in [-0.4, -0.2) is 23.6 Å². The van der Waals surface area contributed by atoms with Crippen molar-refractivity contribution in [3.05, 3.63) is 53.6 Å². The summed E-state index contributed by atoms with van der Waals surface area (Å²) in [5.41, 5.74) is 1.06. The molecule has 6 nitrogen and oxygen atoms in total. The summed E-state index contributed by atoms with van der Waals surface area (Å²) < 4.78 is 0. The standard InChI is InChI=1S/C16H8N2O4/c19-12-6-7-13(20)18(12)11-5-4-10-14-8(11)2-1-3-9(14)15(21)17-16(10)22/h1-7H,(H,17,21,22). The highest BCUT2D eigenvalue weighted by Crippen LogP contribution is 2.34. The maximum absolute atomic E-state index is 12.0. The number of benzene rings is 2. The summed E-state index contributed by atoms with van der Waals surface area (Å²) in [4.78, 5) is 48.7. The molecule has 2 heterocycles. The summed E-state index contributed by atoms with van der Waals surface area (Å²) in [6, 6.07) is 7.99. The summed E-state index contributed by atoms with van der Waals surface area (Å²) in [6.07, 6.45) is 2.38. The monoisotopic (exact) mass is 292 g/mol. The molecule has 0 unspecified atom stereocenters. The minimum Gasteiger partial charge on any atom is -0.288 e. The zero-order valence-corrected chi connectivity index (χ0v) is 11.1. The number of imide groups is 2. The van der Waals surface area contributed by atoms with Crippen molar-refractivity contribution in [3.63, 3.8) is 0 Å². The van der Waals surface area contributed by atoms with Crippen molar-refractivity contribution < 1.29 is 19.2 Å². The second-order valence-corrected chi connectivity index (χ2v) is 4.99. The number of amides is 4. The maximum Gasteiger partial charge on any atom is 0.258 e. The van der Waals surface area contributed by atoms with E-state index in [0.29, 0.717) is 27.6 Å². The summed E-state index contributed by atoms with van der Waals surface area (Å²) in [7, 11) is 0. The lowest BCUT2D eigenvalue weighted by Crippen LogP contribution is -2.35. The Kier molecular flexibility index (Phi) is 2.33. The number of nitrogens with zero attached hydrogens (tertiary/aromatic N) is 1. The average Bonchev–Trinajstić information content (AvgIpc) is 2.83. The molecular weight excluding hydrogens is 284 g/mol. The number of rotatable bonds is 1. The van der Waals surface area contributed by atoms with Gasteiger partial charge in [-0.15, -0.1) is 0 Å². The highest BCUT2D eigenvalue weighted by molar-refractivity contribution is 6.33. The molecule has 0 aliphatic carbocycles. The van der Waals surface area contributed by atoms with Crippen LogP contribution >= 0.6 is 0 Å². The molecule has 4 amide bonds. The van der Waals surface area contributed by atoms with E-state index in [9.17, 15) is 19.2 Å². The predicted molar refractivity (Wildman–Crippen MR) is 77.4 cm³/mol. The first kappa shape index (κ1) is 12.5. The zero-order chi connectivity index (χ0) is 15.4. The lowest BCUT2D eigenvalue weighted by atomic mass is 9.94. The number of hydrogen-bond acceptors (Lipinski definition) is 4. The van der Waals surface area contributed by atoms with Crippen molar-refractivity contribution in [1.29, 1.82) is 0 Å². The molecule has 2 aromatic carbocycles. The molecular formula is C16H8N2O4. The molecule has 1 N–H and O–H groups in total. The van der Waals surface area contributed by atoms with Gasteiger partial charge in [0.25, 0.3) is 23.6 Å². The molecule has 0 atom stereocenters. The fraction of sp³-hybridized carbons (Fsp3) is 0. The van der Waals surface area contributed by atoms with E-state index in [4.69, 9.17) is 0 Å². The molecule has 106 valence electrons. The fourth-order valence-electron chi connectivity index (χ4n) is 2.84. The molecule has 2 aromatic rings. The van der Waals surface area contributed by atoms with Gasteiger partial charge in [0, 0.05) is 34.1 Å². The summed E-state index contributed by atoms with van der Waals surface area (Å²) in [6.45, 7) is 0. The Balaban J connectivity index is 2.07. The maximum atomic E-state index is 12.0. The first-order valence-corrected chi connectivity index (χ1v) is 6.55. The van der Waals surface area contributed by atoms with E-state index >= 15 is 0 Å². The van der Waals surface area contributed by atoms with Crippen molar-refractivity contribution in [1.82, 2.24) is 5.32 Å². The van der Waals surface area contributed by atoms with Crippen LogP contribution in [0.15, 0.2) is 42.5 Å². The Morgan fingerprint density at radius 3 is 2.09 bits per heavy atom. The lowest BCUT2D eigenvalue weighted by molar-refractivity contribution is -0.119. The molecule has 0 bridgehead atoms. The van der Waals surface area contributed by atoms with Gasteiger partial charge in [-0.05, 0) is 18.2 Å². The minimum absolute atomic E-state index is 0.348. The third-order valence-corrected chi connectivity index (χ3v) is 3.78. The first-order chi connectivity index (χ1) is 10.6. The van der Waals surface area contributed by atoms with Crippen LogP contribution in [0.3, 0.4) is 0 Å². The average molecular weight is 292 g/mol. The molecule has 6 heteroatoms. The Morgan fingerprint density at radius 2 is 1.41 bits per heavy atom. The van der Waals surface area contributed by atoms with Gasteiger partial charge in [0.05, 0.1) is 5.69 Å². The van der Waals surface area contributed by atoms with Crippen LogP contribution in [0, 0.1) is 0 Å². The molecule has 2 aliphatic heterocycles. The second kappa shape index (κ2) is 4.11. The van der Waals surface area contributed by atoms with Gasteiger partial charge in [-0.1, -0.05) is 12.1 Å². The van der Waals surface area contributed by atoms with E-state index in [-0.39, 0.29) is 0 Å². The van der Waals surface area contributed by atoms with E-state index in [1.165, 1.54) is 18.2 Å². The number of carbonyl (C=O) groups excluding carboxylic acids is 4. The van der Waals surface area contributed by atoms with Crippen LogP contribution in [0.1, 0.15) is 20.7 Å². The molecule has 0 fully saturated rings. The molecule has 0 radical (unpaired) electrons. The van der Waals surface area contributed by atoms with E-state index in [1.54, 1.807) is 24.3 Å². The van der Waals surface area contributed by atoms with E-state index in [0.717, 1.165) is 4.90 Å². The number of nitrogens with one attached hydrogen (secondary N) is 1. The van der Waals surface area contributed by atoms with Gasteiger partial charge in [0.1, 0.15) is 0 Å². The van der Waals surface area contributed by atoms with Gasteiger partial charge in [0.2, 0.25) is 0 Å². The van der Waals surface area contributed by atoms with Crippen LogP contribution in [0.25, 0.3) is 10.8 Å². The van der Waals surface area contributed by atoms with E-state index < -0.39 is 23.6 Å². The SMILES string of the molecule is O=C1NC(=O)c2ccc(N3C(=O)C=CC3=O)c3cccc1c23. The van der Waals surface area contributed by atoms with Gasteiger partial charge >= 0.3 is 0 Å². The third kappa shape index (κ3) is 1.49. The van der Waals surface area contributed by atoms with Gasteiger partial charge in [-0.25, -0.2) is 4.90 Å².